The molecule has 1 aliphatic rings. The van der Waals surface area contributed by atoms with E-state index < -0.39 is 0 Å². The second-order valence-corrected chi connectivity index (χ2v) is 3.88. The summed E-state index contributed by atoms with van der Waals surface area (Å²) >= 11 is 0. The minimum atomic E-state index is -0.0550. The van der Waals surface area contributed by atoms with E-state index in [2.05, 4.69) is 18.7 Å². The monoisotopic (exact) mass is 195 g/mol. The zero-order valence-electron chi connectivity index (χ0n) is 8.05. The van der Waals surface area contributed by atoms with Gasteiger partial charge in [0, 0.05) is 24.7 Å². The number of hydrogen-bond acceptors (Lipinski definition) is 1. The maximum atomic E-state index is 13.3. The van der Waals surface area contributed by atoms with E-state index in [1.165, 1.54) is 0 Å². The number of halogens is 1. The van der Waals surface area contributed by atoms with Crippen LogP contribution in [0.15, 0.2) is 18.2 Å². The van der Waals surface area contributed by atoms with Crippen LogP contribution >= 0.6 is 0 Å². The Labute approximate surface area is 85.5 Å². The zero-order chi connectivity index (χ0) is 9.42. The van der Waals surface area contributed by atoms with Gasteiger partial charge in [0.15, 0.2) is 0 Å². The summed E-state index contributed by atoms with van der Waals surface area (Å²) in [5.41, 5.74) is 2.03. The number of rotatable bonds is 1. The van der Waals surface area contributed by atoms with Crippen molar-refractivity contribution < 1.29 is 4.39 Å². The summed E-state index contributed by atoms with van der Waals surface area (Å²) in [6.45, 7) is 5.94. The highest BCUT2D eigenvalue weighted by Crippen LogP contribution is 2.26. The molecule has 0 radical (unpaired) electrons. The van der Waals surface area contributed by atoms with Crippen LogP contribution in [-0.4, -0.2) is 10.9 Å². The molecule has 1 heterocycles. The highest BCUT2D eigenvalue weighted by Gasteiger charge is 2.22. The van der Waals surface area contributed by atoms with Gasteiger partial charge in [-0.25, -0.2) is 4.39 Å². The SMILES string of the molecule is C.CC(C)N1Cc2cccc(F)c2C1. The molecule has 0 amide bonds. The molecule has 1 aliphatic heterocycles. The van der Waals surface area contributed by atoms with Crippen molar-refractivity contribution in [1.82, 2.24) is 4.90 Å². The van der Waals surface area contributed by atoms with Crippen LogP contribution < -0.4 is 0 Å². The number of benzene rings is 1. The molecule has 0 fully saturated rings. The minimum absolute atomic E-state index is 0. The molecule has 0 N–H and O–H groups in total. The predicted octanol–water partition coefficient (Wildman–Crippen LogP) is 3.19. The van der Waals surface area contributed by atoms with E-state index in [1.807, 2.05) is 6.07 Å². The first-order chi connectivity index (χ1) is 6.18. The van der Waals surface area contributed by atoms with Gasteiger partial charge >= 0.3 is 0 Å². The van der Waals surface area contributed by atoms with Crippen LogP contribution in [0.2, 0.25) is 0 Å². The second kappa shape index (κ2) is 4.09. The standard InChI is InChI=1S/C11H14FN.CH4/c1-8(2)13-6-9-4-3-5-11(12)10(9)7-13;/h3-5,8H,6-7H2,1-2H3;1H4. The summed E-state index contributed by atoms with van der Waals surface area (Å²) in [5, 5.41) is 0. The van der Waals surface area contributed by atoms with Crippen molar-refractivity contribution in [2.45, 2.75) is 40.4 Å². The third kappa shape index (κ3) is 1.80. The van der Waals surface area contributed by atoms with Crippen molar-refractivity contribution in [1.29, 1.82) is 0 Å². The van der Waals surface area contributed by atoms with Crippen molar-refractivity contribution in [3.05, 3.63) is 35.1 Å². The average Bonchev–Trinajstić information content (AvgIpc) is 2.49. The fraction of sp³-hybridized carbons (Fsp3) is 0.500. The van der Waals surface area contributed by atoms with Crippen molar-refractivity contribution >= 4 is 0 Å². The lowest BCUT2D eigenvalue weighted by atomic mass is 10.1. The van der Waals surface area contributed by atoms with E-state index in [1.54, 1.807) is 12.1 Å². The van der Waals surface area contributed by atoms with Crippen LogP contribution in [0.5, 0.6) is 0 Å². The summed E-state index contributed by atoms with van der Waals surface area (Å²) in [7, 11) is 0. The Kier molecular flexibility index (Phi) is 3.27. The Balaban J connectivity index is 0.000000980. The zero-order valence-corrected chi connectivity index (χ0v) is 8.05. The number of hydrogen-bond donors (Lipinski definition) is 0. The fourth-order valence-electron chi connectivity index (χ4n) is 1.77. The molecule has 0 unspecified atom stereocenters. The normalized spacial score (nSPS) is 15.4. The fourth-order valence-corrected chi connectivity index (χ4v) is 1.77. The van der Waals surface area contributed by atoms with E-state index >= 15 is 0 Å². The summed E-state index contributed by atoms with van der Waals surface area (Å²) in [6.07, 6.45) is 0. The molecule has 0 atom stereocenters. The van der Waals surface area contributed by atoms with Crippen LogP contribution in [0.3, 0.4) is 0 Å². The third-order valence-corrected chi connectivity index (χ3v) is 2.68. The predicted molar refractivity (Wildman–Crippen MR) is 57.5 cm³/mol. The van der Waals surface area contributed by atoms with Crippen molar-refractivity contribution in [3.8, 4) is 0 Å². The number of fused-ring (bicyclic) bond motifs is 1. The van der Waals surface area contributed by atoms with E-state index in [0.29, 0.717) is 6.04 Å². The van der Waals surface area contributed by atoms with Gasteiger partial charge in [0.1, 0.15) is 5.82 Å². The number of nitrogens with zero attached hydrogens (tertiary/aromatic N) is 1. The van der Waals surface area contributed by atoms with Crippen molar-refractivity contribution in [2.24, 2.45) is 0 Å². The van der Waals surface area contributed by atoms with Gasteiger partial charge in [0.25, 0.3) is 0 Å². The Morgan fingerprint density at radius 3 is 2.57 bits per heavy atom. The van der Waals surface area contributed by atoms with Gasteiger partial charge in [0.2, 0.25) is 0 Å². The Morgan fingerprint density at radius 1 is 1.29 bits per heavy atom. The quantitative estimate of drug-likeness (QED) is 0.665. The lowest BCUT2D eigenvalue weighted by Gasteiger charge is -2.18. The molecule has 0 saturated carbocycles. The second-order valence-electron chi connectivity index (χ2n) is 3.88. The molecule has 2 rings (SSSR count). The topological polar surface area (TPSA) is 3.24 Å². The van der Waals surface area contributed by atoms with Gasteiger partial charge in [-0.05, 0) is 25.5 Å². The van der Waals surface area contributed by atoms with Crippen LogP contribution in [-0.2, 0) is 13.1 Å². The van der Waals surface area contributed by atoms with E-state index in [-0.39, 0.29) is 13.2 Å². The van der Waals surface area contributed by atoms with Crippen molar-refractivity contribution in [2.75, 3.05) is 0 Å². The molecule has 14 heavy (non-hydrogen) atoms. The molecule has 1 aromatic carbocycles. The van der Waals surface area contributed by atoms with Crippen molar-refractivity contribution in [3.63, 3.8) is 0 Å². The van der Waals surface area contributed by atoms with E-state index in [9.17, 15) is 4.39 Å². The molecule has 1 nitrogen and oxygen atoms in total. The lowest BCUT2D eigenvalue weighted by molar-refractivity contribution is 0.226. The average molecular weight is 195 g/mol. The summed E-state index contributed by atoms with van der Waals surface area (Å²) in [5.74, 6) is -0.0550. The van der Waals surface area contributed by atoms with Gasteiger partial charge in [-0.15, -0.1) is 0 Å². The van der Waals surface area contributed by atoms with E-state index in [4.69, 9.17) is 0 Å². The summed E-state index contributed by atoms with van der Waals surface area (Å²) < 4.78 is 13.3. The van der Waals surface area contributed by atoms with Crippen LogP contribution in [0.1, 0.15) is 32.4 Å². The first kappa shape index (κ1) is 11.2. The molecule has 2 heteroatoms. The first-order valence-electron chi connectivity index (χ1n) is 4.69. The van der Waals surface area contributed by atoms with Gasteiger partial charge in [-0.2, -0.15) is 0 Å². The maximum Gasteiger partial charge on any atom is 0.128 e. The van der Waals surface area contributed by atoms with Crippen LogP contribution in [0.25, 0.3) is 0 Å². The largest absolute Gasteiger partial charge is 0.292 e. The lowest BCUT2D eigenvalue weighted by Crippen LogP contribution is -2.24. The van der Waals surface area contributed by atoms with Gasteiger partial charge in [-0.1, -0.05) is 19.6 Å². The molecule has 0 spiro atoms. The van der Waals surface area contributed by atoms with Crippen LogP contribution in [0, 0.1) is 5.82 Å². The third-order valence-electron chi connectivity index (χ3n) is 2.68. The van der Waals surface area contributed by atoms with Gasteiger partial charge in [-0.3, -0.25) is 4.90 Å². The smallest absolute Gasteiger partial charge is 0.128 e. The summed E-state index contributed by atoms with van der Waals surface area (Å²) in [6, 6.07) is 5.84. The van der Waals surface area contributed by atoms with Gasteiger partial charge in [0.05, 0.1) is 0 Å². The van der Waals surface area contributed by atoms with Crippen LogP contribution in [0.4, 0.5) is 4.39 Å². The highest BCUT2D eigenvalue weighted by atomic mass is 19.1. The Morgan fingerprint density at radius 2 is 2.00 bits per heavy atom. The first-order valence-corrected chi connectivity index (χ1v) is 4.69. The molecular formula is C12H18FN. The molecule has 0 bridgehead atoms. The van der Waals surface area contributed by atoms with Gasteiger partial charge < -0.3 is 0 Å². The Hall–Kier alpha value is -0.890. The Bertz CT molecular complexity index is 320. The summed E-state index contributed by atoms with van der Waals surface area (Å²) in [4.78, 5) is 2.27. The molecular weight excluding hydrogens is 177 g/mol. The maximum absolute atomic E-state index is 13.3. The molecule has 0 aromatic heterocycles. The molecule has 0 aliphatic carbocycles. The molecule has 78 valence electrons. The highest BCUT2D eigenvalue weighted by molar-refractivity contribution is 5.31. The molecule has 1 aromatic rings. The molecule has 0 saturated heterocycles. The van der Waals surface area contributed by atoms with E-state index in [0.717, 1.165) is 24.2 Å². The minimum Gasteiger partial charge on any atom is -0.292 e.